The largest absolute Gasteiger partial charge is 0.507 e. The predicted octanol–water partition coefficient (Wildman–Crippen LogP) is 5.23. The molecule has 1 aliphatic rings. The summed E-state index contributed by atoms with van der Waals surface area (Å²) in [7, 11) is 0. The molecule has 4 rings (SSSR count). The van der Waals surface area contributed by atoms with Gasteiger partial charge in [0.2, 0.25) is 0 Å². The number of hydrogen-bond acceptors (Lipinski definition) is 4. The standard InChI is InChI=1S/C22H14Br2N2O3/c23-15-8-6-13(7-9-15)19-18(20(27)14-4-2-1-3-5-14)21(28)22(29)26(19)17-11-10-16(24)12-25-17/h1-12,19,27H. The van der Waals surface area contributed by atoms with Gasteiger partial charge in [0.15, 0.2) is 0 Å². The van der Waals surface area contributed by atoms with Crippen LogP contribution in [-0.4, -0.2) is 21.8 Å². The summed E-state index contributed by atoms with van der Waals surface area (Å²) in [6.45, 7) is 0. The van der Waals surface area contributed by atoms with E-state index in [0.29, 0.717) is 16.9 Å². The molecule has 1 unspecified atom stereocenters. The van der Waals surface area contributed by atoms with E-state index in [1.165, 1.54) is 4.90 Å². The minimum atomic E-state index is -0.794. The predicted molar refractivity (Wildman–Crippen MR) is 117 cm³/mol. The summed E-state index contributed by atoms with van der Waals surface area (Å²) < 4.78 is 1.62. The fourth-order valence-corrected chi connectivity index (χ4v) is 3.79. The highest BCUT2D eigenvalue weighted by atomic mass is 79.9. The number of carbonyl (C=O) groups excluding carboxylic acids is 2. The monoisotopic (exact) mass is 512 g/mol. The number of hydrogen-bond donors (Lipinski definition) is 1. The molecule has 0 spiro atoms. The molecular weight excluding hydrogens is 500 g/mol. The Morgan fingerprint density at radius 2 is 1.55 bits per heavy atom. The SMILES string of the molecule is O=C1C(=O)N(c2ccc(Br)cn2)C(c2ccc(Br)cc2)C1=C(O)c1ccccc1. The maximum Gasteiger partial charge on any atom is 0.301 e. The number of rotatable bonds is 3. The second-order valence-electron chi connectivity index (χ2n) is 6.42. The molecule has 29 heavy (non-hydrogen) atoms. The van der Waals surface area contributed by atoms with E-state index in [1.807, 2.05) is 30.3 Å². The number of carbonyl (C=O) groups is 2. The van der Waals surface area contributed by atoms with Crippen LogP contribution in [0.3, 0.4) is 0 Å². The molecule has 2 aromatic carbocycles. The average molecular weight is 514 g/mol. The first kappa shape index (κ1) is 19.5. The topological polar surface area (TPSA) is 70.5 Å². The van der Waals surface area contributed by atoms with Crippen molar-refractivity contribution in [2.45, 2.75) is 6.04 Å². The van der Waals surface area contributed by atoms with E-state index in [-0.39, 0.29) is 11.3 Å². The Hall–Kier alpha value is -2.77. The number of pyridine rings is 1. The number of nitrogens with zero attached hydrogens (tertiary/aromatic N) is 2. The highest BCUT2D eigenvalue weighted by Crippen LogP contribution is 2.41. The Balaban J connectivity index is 1.94. The number of anilines is 1. The van der Waals surface area contributed by atoms with Gasteiger partial charge in [-0.2, -0.15) is 0 Å². The quantitative estimate of drug-likeness (QED) is 0.295. The highest BCUT2D eigenvalue weighted by Gasteiger charge is 2.47. The molecule has 144 valence electrons. The lowest BCUT2D eigenvalue weighted by Gasteiger charge is -2.24. The maximum atomic E-state index is 13.0. The summed E-state index contributed by atoms with van der Waals surface area (Å²) >= 11 is 6.73. The van der Waals surface area contributed by atoms with Crippen LogP contribution in [0.4, 0.5) is 5.82 Å². The van der Waals surface area contributed by atoms with Gasteiger partial charge in [0.1, 0.15) is 11.6 Å². The van der Waals surface area contributed by atoms with Crippen LogP contribution in [0.2, 0.25) is 0 Å². The zero-order valence-electron chi connectivity index (χ0n) is 14.9. The third-order valence-corrected chi connectivity index (χ3v) is 5.63. The van der Waals surface area contributed by atoms with Crippen LogP contribution in [0.25, 0.3) is 5.76 Å². The number of ketones is 1. The Labute approximate surface area is 184 Å². The van der Waals surface area contributed by atoms with E-state index < -0.39 is 17.7 Å². The maximum absolute atomic E-state index is 13.0. The molecule has 7 heteroatoms. The molecule has 2 heterocycles. The highest BCUT2D eigenvalue weighted by molar-refractivity contribution is 9.10. The number of amides is 1. The van der Waals surface area contributed by atoms with Gasteiger partial charge in [-0.25, -0.2) is 4.98 Å². The van der Waals surface area contributed by atoms with E-state index in [2.05, 4.69) is 36.8 Å². The van der Waals surface area contributed by atoms with Gasteiger partial charge in [0, 0.05) is 20.7 Å². The Morgan fingerprint density at radius 3 is 2.17 bits per heavy atom. The second kappa shape index (κ2) is 7.93. The van der Waals surface area contributed by atoms with Crippen molar-refractivity contribution < 1.29 is 14.7 Å². The van der Waals surface area contributed by atoms with Crippen molar-refractivity contribution in [2.75, 3.05) is 4.90 Å². The smallest absolute Gasteiger partial charge is 0.301 e. The molecule has 1 atom stereocenters. The zero-order valence-corrected chi connectivity index (χ0v) is 18.1. The molecule has 0 radical (unpaired) electrons. The Kier molecular flexibility index (Phi) is 5.34. The molecule has 1 aromatic heterocycles. The number of benzene rings is 2. The van der Waals surface area contributed by atoms with Crippen molar-refractivity contribution in [3.8, 4) is 0 Å². The number of aromatic nitrogens is 1. The minimum Gasteiger partial charge on any atom is -0.507 e. The summed E-state index contributed by atoms with van der Waals surface area (Å²) in [4.78, 5) is 31.5. The average Bonchev–Trinajstić information content (AvgIpc) is 3.00. The molecule has 0 aliphatic carbocycles. The van der Waals surface area contributed by atoms with Crippen molar-refractivity contribution in [3.05, 3.63) is 98.6 Å². The van der Waals surface area contributed by atoms with Crippen LogP contribution < -0.4 is 4.90 Å². The first-order valence-electron chi connectivity index (χ1n) is 8.71. The van der Waals surface area contributed by atoms with Gasteiger partial charge in [-0.05, 0) is 45.8 Å². The van der Waals surface area contributed by atoms with Gasteiger partial charge in [-0.1, -0.05) is 58.4 Å². The number of Topliss-reactive ketones (excluding diaryl/α,β-unsaturated/α-hetero) is 1. The fourth-order valence-electron chi connectivity index (χ4n) is 3.29. The Bertz CT molecular complexity index is 1110. The van der Waals surface area contributed by atoms with Crippen molar-refractivity contribution in [2.24, 2.45) is 0 Å². The molecule has 5 nitrogen and oxygen atoms in total. The molecule has 0 bridgehead atoms. The summed E-state index contributed by atoms with van der Waals surface area (Å²) in [5.74, 6) is -1.36. The van der Waals surface area contributed by atoms with E-state index in [1.54, 1.807) is 42.6 Å². The lowest BCUT2D eigenvalue weighted by molar-refractivity contribution is -0.132. The lowest BCUT2D eigenvalue weighted by atomic mass is 9.95. The van der Waals surface area contributed by atoms with E-state index in [9.17, 15) is 14.7 Å². The van der Waals surface area contributed by atoms with Crippen LogP contribution in [0.5, 0.6) is 0 Å². The van der Waals surface area contributed by atoms with Crippen LogP contribution in [0.1, 0.15) is 17.2 Å². The lowest BCUT2D eigenvalue weighted by Crippen LogP contribution is -2.30. The first-order valence-corrected chi connectivity index (χ1v) is 10.3. The molecule has 1 amide bonds. The van der Waals surface area contributed by atoms with E-state index in [0.717, 1.165) is 8.95 Å². The summed E-state index contributed by atoms with van der Waals surface area (Å²) in [5.41, 5.74) is 1.19. The fraction of sp³-hybridized carbons (Fsp3) is 0.0455. The molecule has 1 saturated heterocycles. The van der Waals surface area contributed by atoms with Gasteiger partial charge in [-0.3, -0.25) is 14.5 Å². The van der Waals surface area contributed by atoms with E-state index >= 15 is 0 Å². The molecular formula is C22H14Br2N2O3. The van der Waals surface area contributed by atoms with E-state index in [4.69, 9.17) is 0 Å². The number of aliphatic hydroxyl groups is 1. The summed E-state index contributed by atoms with van der Waals surface area (Å²) in [6, 6.07) is 18.6. The third-order valence-electron chi connectivity index (χ3n) is 4.64. The Morgan fingerprint density at radius 1 is 0.897 bits per heavy atom. The molecule has 1 fully saturated rings. The van der Waals surface area contributed by atoms with Crippen molar-refractivity contribution in [1.29, 1.82) is 0 Å². The van der Waals surface area contributed by atoms with Gasteiger partial charge in [-0.15, -0.1) is 0 Å². The van der Waals surface area contributed by atoms with Gasteiger partial charge in [0.05, 0.1) is 11.6 Å². The third kappa shape index (κ3) is 3.63. The van der Waals surface area contributed by atoms with Crippen molar-refractivity contribution in [3.63, 3.8) is 0 Å². The van der Waals surface area contributed by atoms with Gasteiger partial charge < -0.3 is 5.11 Å². The zero-order chi connectivity index (χ0) is 20.5. The molecule has 3 aromatic rings. The second-order valence-corrected chi connectivity index (χ2v) is 8.25. The van der Waals surface area contributed by atoms with Gasteiger partial charge in [0.25, 0.3) is 5.78 Å². The molecule has 0 saturated carbocycles. The number of halogens is 2. The number of aliphatic hydroxyl groups excluding tert-OH is 1. The van der Waals surface area contributed by atoms with Crippen LogP contribution in [0.15, 0.2) is 87.4 Å². The summed E-state index contributed by atoms with van der Waals surface area (Å²) in [5, 5.41) is 10.9. The van der Waals surface area contributed by atoms with Crippen molar-refractivity contribution >= 4 is 55.1 Å². The van der Waals surface area contributed by atoms with Gasteiger partial charge >= 0.3 is 5.91 Å². The van der Waals surface area contributed by atoms with Crippen LogP contribution in [0, 0.1) is 0 Å². The van der Waals surface area contributed by atoms with Crippen LogP contribution >= 0.6 is 31.9 Å². The first-order chi connectivity index (χ1) is 14.0. The minimum absolute atomic E-state index is 0.0354. The molecule has 1 aliphatic heterocycles. The summed E-state index contributed by atoms with van der Waals surface area (Å²) in [6.07, 6.45) is 1.56. The van der Waals surface area contributed by atoms with Crippen LogP contribution in [-0.2, 0) is 9.59 Å². The molecule has 1 N–H and O–H groups in total. The normalized spacial score (nSPS) is 18.3. The van der Waals surface area contributed by atoms with Crippen molar-refractivity contribution in [1.82, 2.24) is 4.98 Å².